The second kappa shape index (κ2) is 8.65. The third-order valence-electron chi connectivity index (χ3n) is 4.52. The van der Waals surface area contributed by atoms with Crippen molar-refractivity contribution in [3.05, 3.63) is 47.5 Å². The van der Waals surface area contributed by atoms with Crippen molar-refractivity contribution >= 4 is 17.6 Å². The molecule has 2 aromatic carbocycles. The molecular formula is C21H24N2O5. The normalized spacial score (nSPS) is 12.8. The Bertz CT molecular complexity index is 881. The molecule has 0 bridgehead atoms. The molecule has 0 fully saturated rings. The van der Waals surface area contributed by atoms with Gasteiger partial charge in [-0.1, -0.05) is 12.1 Å². The van der Waals surface area contributed by atoms with Crippen molar-refractivity contribution in [1.29, 1.82) is 0 Å². The topological polar surface area (TPSA) is 77.1 Å². The zero-order valence-electron chi connectivity index (χ0n) is 16.3. The molecule has 1 aliphatic heterocycles. The fourth-order valence-corrected chi connectivity index (χ4v) is 3.11. The molecule has 148 valence electrons. The molecule has 0 radical (unpaired) electrons. The Morgan fingerprint density at radius 1 is 1.14 bits per heavy atom. The van der Waals surface area contributed by atoms with Gasteiger partial charge in [0.05, 0.1) is 26.5 Å². The molecule has 0 aromatic heterocycles. The standard InChI is InChI=1S/C21H24N2O5/c1-14-4-6-16-18(10-14)28-21(25)13-23(16)12-20(24)22-9-8-15-5-7-17(26-2)19(11-15)27-3/h4-7,10-11H,8-9,12-13H2,1-3H3,(H,22,24). The van der Waals surface area contributed by atoms with Gasteiger partial charge in [0.15, 0.2) is 17.2 Å². The first-order chi connectivity index (χ1) is 13.5. The van der Waals surface area contributed by atoms with Gasteiger partial charge in [-0.2, -0.15) is 0 Å². The van der Waals surface area contributed by atoms with Gasteiger partial charge in [-0.25, -0.2) is 4.79 Å². The molecule has 1 heterocycles. The van der Waals surface area contributed by atoms with Crippen LogP contribution in [0.3, 0.4) is 0 Å². The molecule has 1 aliphatic rings. The highest BCUT2D eigenvalue weighted by Gasteiger charge is 2.25. The van der Waals surface area contributed by atoms with E-state index in [0.717, 1.165) is 16.8 Å². The van der Waals surface area contributed by atoms with E-state index in [-0.39, 0.29) is 25.0 Å². The maximum atomic E-state index is 12.4. The van der Waals surface area contributed by atoms with Crippen molar-refractivity contribution in [1.82, 2.24) is 5.32 Å². The monoisotopic (exact) mass is 384 g/mol. The summed E-state index contributed by atoms with van der Waals surface area (Å²) in [6.07, 6.45) is 0.657. The Morgan fingerprint density at radius 3 is 2.68 bits per heavy atom. The second-order valence-electron chi connectivity index (χ2n) is 6.59. The van der Waals surface area contributed by atoms with Crippen LogP contribution in [0.4, 0.5) is 5.69 Å². The summed E-state index contributed by atoms with van der Waals surface area (Å²) in [7, 11) is 3.18. The predicted molar refractivity (Wildman–Crippen MR) is 105 cm³/mol. The second-order valence-corrected chi connectivity index (χ2v) is 6.59. The summed E-state index contributed by atoms with van der Waals surface area (Å²) in [5.74, 6) is 1.30. The quantitative estimate of drug-likeness (QED) is 0.582. The zero-order valence-corrected chi connectivity index (χ0v) is 16.3. The van der Waals surface area contributed by atoms with Gasteiger partial charge in [0.25, 0.3) is 0 Å². The van der Waals surface area contributed by atoms with E-state index in [2.05, 4.69) is 5.32 Å². The van der Waals surface area contributed by atoms with Crippen molar-refractivity contribution in [2.75, 3.05) is 38.8 Å². The lowest BCUT2D eigenvalue weighted by atomic mass is 10.1. The van der Waals surface area contributed by atoms with Crippen LogP contribution in [-0.2, 0) is 16.0 Å². The van der Waals surface area contributed by atoms with Gasteiger partial charge in [0, 0.05) is 6.54 Å². The molecule has 0 saturated carbocycles. The lowest BCUT2D eigenvalue weighted by Crippen LogP contribution is -2.43. The number of anilines is 1. The summed E-state index contributed by atoms with van der Waals surface area (Å²) in [6.45, 7) is 2.55. The fourth-order valence-electron chi connectivity index (χ4n) is 3.11. The van der Waals surface area contributed by atoms with E-state index < -0.39 is 0 Å². The van der Waals surface area contributed by atoms with Crippen LogP contribution in [0.15, 0.2) is 36.4 Å². The first-order valence-electron chi connectivity index (χ1n) is 9.04. The highest BCUT2D eigenvalue weighted by Crippen LogP contribution is 2.32. The maximum Gasteiger partial charge on any atom is 0.331 e. The number of esters is 1. The predicted octanol–water partition coefficient (Wildman–Crippen LogP) is 2.10. The Hall–Kier alpha value is -3.22. The number of carbonyl (C=O) groups excluding carboxylic acids is 2. The molecular weight excluding hydrogens is 360 g/mol. The van der Waals surface area contributed by atoms with Crippen LogP contribution in [0.5, 0.6) is 17.2 Å². The van der Waals surface area contributed by atoms with Gasteiger partial charge in [-0.3, -0.25) is 4.79 Å². The number of methoxy groups -OCH3 is 2. The molecule has 1 amide bonds. The fraction of sp³-hybridized carbons (Fsp3) is 0.333. The Labute approximate surface area is 164 Å². The van der Waals surface area contributed by atoms with E-state index in [4.69, 9.17) is 14.2 Å². The minimum atomic E-state index is -0.365. The number of ether oxygens (including phenoxy) is 3. The highest BCUT2D eigenvalue weighted by atomic mass is 16.5. The molecule has 1 N–H and O–H groups in total. The highest BCUT2D eigenvalue weighted by molar-refractivity contribution is 5.89. The molecule has 7 heteroatoms. The number of amides is 1. The number of benzene rings is 2. The molecule has 28 heavy (non-hydrogen) atoms. The Balaban J connectivity index is 1.56. The summed E-state index contributed by atoms with van der Waals surface area (Å²) < 4.78 is 15.8. The number of nitrogens with one attached hydrogen (secondary N) is 1. The summed E-state index contributed by atoms with van der Waals surface area (Å²) in [4.78, 5) is 25.9. The number of rotatable bonds is 7. The van der Waals surface area contributed by atoms with Crippen LogP contribution in [0.25, 0.3) is 0 Å². The van der Waals surface area contributed by atoms with E-state index in [0.29, 0.717) is 30.2 Å². The van der Waals surface area contributed by atoms with E-state index in [1.165, 1.54) is 0 Å². The van der Waals surface area contributed by atoms with Crippen molar-refractivity contribution in [2.45, 2.75) is 13.3 Å². The first-order valence-corrected chi connectivity index (χ1v) is 9.04. The molecule has 0 aliphatic carbocycles. The van der Waals surface area contributed by atoms with Crippen molar-refractivity contribution < 1.29 is 23.8 Å². The summed E-state index contributed by atoms with van der Waals surface area (Å²) in [6, 6.07) is 11.3. The minimum Gasteiger partial charge on any atom is -0.493 e. The van der Waals surface area contributed by atoms with Gasteiger partial charge < -0.3 is 24.4 Å². The number of hydrogen-bond acceptors (Lipinski definition) is 6. The van der Waals surface area contributed by atoms with Crippen LogP contribution in [0, 0.1) is 6.92 Å². The molecule has 0 spiro atoms. The zero-order chi connectivity index (χ0) is 20.1. The molecule has 7 nitrogen and oxygen atoms in total. The number of hydrogen-bond donors (Lipinski definition) is 1. The van der Waals surface area contributed by atoms with E-state index in [1.54, 1.807) is 25.2 Å². The SMILES string of the molecule is COc1ccc(CCNC(=O)CN2CC(=O)Oc3cc(C)ccc32)cc1OC. The lowest BCUT2D eigenvalue weighted by Gasteiger charge is -2.29. The van der Waals surface area contributed by atoms with Gasteiger partial charge in [0.1, 0.15) is 6.54 Å². The smallest absolute Gasteiger partial charge is 0.331 e. The van der Waals surface area contributed by atoms with Gasteiger partial charge in [-0.05, 0) is 48.7 Å². The number of fused-ring (bicyclic) bond motifs is 1. The first kappa shape index (κ1) is 19.5. The van der Waals surface area contributed by atoms with E-state index in [9.17, 15) is 9.59 Å². The largest absolute Gasteiger partial charge is 0.493 e. The van der Waals surface area contributed by atoms with Crippen LogP contribution < -0.4 is 24.4 Å². The van der Waals surface area contributed by atoms with E-state index in [1.807, 2.05) is 37.3 Å². The molecule has 0 unspecified atom stereocenters. The van der Waals surface area contributed by atoms with Crippen molar-refractivity contribution in [3.8, 4) is 17.2 Å². The van der Waals surface area contributed by atoms with Crippen LogP contribution in [0.1, 0.15) is 11.1 Å². The number of nitrogens with zero attached hydrogens (tertiary/aromatic N) is 1. The average Bonchev–Trinajstić information content (AvgIpc) is 2.67. The summed E-state index contributed by atoms with van der Waals surface area (Å²) in [5.41, 5.74) is 2.77. The minimum absolute atomic E-state index is 0.0547. The number of carbonyl (C=O) groups is 2. The van der Waals surface area contributed by atoms with Gasteiger partial charge in [0.2, 0.25) is 5.91 Å². The van der Waals surface area contributed by atoms with Crippen molar-refractivity contribution in [3.63, 3.8) is 0 Å². The summed E-state index contributed by atoms with van der Waals surface area (Å²) in [5, 5.41) is 2.90. The van der Waals surface area contributed by atoms with Crippen LogP contribution in [0.2, 0.25) is 0 Å². The van der Waals surface area contributed by atoms with Crippen molar-refractivity contribution in [2.24, 2.45) is 0 Å². The molecule has 2 aromatic rings. The van der Waals surface area contributed by atoms with E-state index >= 15 is 0 Å². The maximum absolute atomic E-state index is 12.4. The molecule has 3 rings (SSSR count). The third-order valence-corrected chi connectivity index (χ3v) is 4.52. The van der Waals surface area contributed by atoms with Gasteiger partial charge >= 0.3 is 5.97 Å². The van der Waals surface area contributed by atoms with Crippen LogP contribution >= 0.6 is 0 Å². The molecule has 0 atom stereocenters. The third kappa shape index (κ3) is 4.54. The Kier molecular flexibility index (Phi) is 6.03. The van der Waals surface area contributed by atoms with Crippen LogP contribution in [-0.4, -0.2) is 45.7 Å². The summed E-state index contributed by atoms with van der Waals surface area (Å²) >= 11 is 0. The van der Waals surface area contributed by atoms with Gasteiger partial charge in [-0.15, -0.1) is 0 Å². The number of aryl methyl sites for hydroxylation is 1. The lowest BCUT2D eigenvalue weighted by molar-refractivity contribution is -0.133. The Morgan fingerprint density at radius 2 is 1.93 bits per heavy atom. The molecule has 0 saturated heterocycles. The average molecular weight is 384 g/mol.